The van der Waals surface area contributed by atoms with E-state index >= 15 is 0 Å². The second-order valence-corrected chi connectivity index (χ2v) is 5.91. The van der Waals surface area contributed by atoms with Gasteiger partial charge in [-0.15, -0.1) is 0 Å². The third-order valence-electron chi connectivity index (χ3n) is 3.33. The van der Waals surface area contributed by atoms with E-state index in [2.05, 4.69) is 5.32 Å². The van der Waals surface area contributed by atoms with Crippen molar-refractivity contribution in [3.8, 4) is 0 Å². The minimum Gasteiger partial charge on any atom is -0.387 e. The number of non-ortho nitro benzene ring substituents is 1. The van der Waals surface area contributed by atoms with Crippen LogP contribution in [-0.4, -0.2) is 22.5 Å². The standard InChI is InChI=1S/C16H14Cl2N2O4/c17-13-6-1-10(7-14(13)18)8-16(22)19-9-15(21)11-2-4-12(5-3-11)20(23)24/h1-7,15,21H,8-9H2,(H,19,22)/t15-/m0/s1. The van der Waals surface area contributed by atoms with E-state index in [1.54, 1.807) is 18.2 Å². The maximum atomic E-state index is 11.9. The van der Waals surface area contributed by atoms with E-state index in [0.29, 0.717) is 21.2 Å². The molecule has 2 N–H and O–H groups in total. The minimum absolute atomic E-state index is 0.00202. The zero-order valence-electron chi connectivity index (χ0n) is 12.4. The van der Waals surface area contributed by atoms with Crippen LogP contribution in [0.2, 0.25) is 10.0 Å². The zero-order chi connectivity index (χ0) is 17.7. The monoisotopic (exact) mass is 368 g/mol. The van der Waals surface area contributed by atoms with Gasteiger partial charge in [0.05, 0.1) is 27.5 Å². The van der Waals surface area contributed by atoms with Crippen LogP contribution in [0.25, 0.3) is 0 Å². The molecule has 0 aromatic heterocycles. The van der Waals surface area contributed by atoms with Gasteiger partial charge in [0.1, 0.15) is 0 Å². The van der Waals surface area contributed by atoms with Crippen LogP contribution in [0.1, 0.15) is 17.2 Å². The number of nitrogens with zero attached hydrogens (tertiary/aromatic N) is 1. The number of aliphatic hydroxyl groups excluding tert-OH is 1. The number of carbonyl (C=O) groups is 1. The first-order valence-corrected chi connectivity index (χ1v) is 7.75. The Morgan fingerprint density at radius 3 is 2.42 bits per heavy atom. The summed E-state index contributed by atoms with van der Waals surface area (Å²) in [4.78, 5) is 22.0. The molecule has 0 spiro atoms. The van der Waals surface area contributed by atoms with Gasteiger partial charge < -0.3 is 10.4 Å². The predicted octanol–water partition coefficient (Wildman–Crippen LogP) is 3.29. The smallest absolute Gasteiger partial charge is 0.269 e. The summed E-state index contributed by atoms with van der Waals surface area (Å²) in [7, 11) is 0. The highest BCUT2D eigenvalue weighted by Gasteiger charge is 2.12. The molecule has 1 amide bonds. The highest BCUT2D eigenvalue weighted by Crippen LogP contribution is 2.23. The van der Waals surface area contributed by atoms with E-state index in [9.17, 15) is 20.0 Å². The van der Waals surface area contributed by atoms with Crippen molar-refractivity contribution < 1.29 is 14.8 Å². The molecule has 2 aromatic carbocycles. The number of carbonyl (C=O) groups excluding carboxylic acids is 1. The second kappa shape index (κ2) is 8.10. The van der Waals surface area contributed by atoms with Crippen molar-refractivity contribution in [3.05, 3.63) is 73.8 Å². The van der Waals surface area contributed by atoms with E-state index in [0.717, 1.165) is 0 Å². The largest absolute Gasteiger partial charge is 0.387 e. The van der Waals surface area contributed by atoms with Gasteiger partial charge in [0.2, 0.25) is 5.91 Å². The average Bonchev–Trinajstić information content (AvgIpc) is 2.56. The molecule has 0 saturated heterocycles. The molecule has 0 saturated carbocycles. The summed E-state index contributed by atoms with van der Waals surface area (Å²) in [5.74, 6) is -0.283. The van der Waals surface area contributed by atoms with Crippen LogP contribution < -0.4 is 5.32 Å². The summed E-state index contributed by atoms with van der Waals surface area (Å²) in [5.41, 5.74) is 1.12. The number of nitro benzene ring substituents is 1. The number of hydrogen-bond donors (Lipinski definition) is 2. The third kappa shape index (κ3) is 4.92. The Labute approximate surface area is 148 Å². The van der Waals surface area contributed by atoms with Crippen LogP contribution in [0.5, 0.6) is 0 Å². The molecular weight excluding hydrogens is 355 g/mol. The fourth-order valence-corrected chi connectivity index (χ4v) is 2.36. The molecule has 0 aliphatic heterocycles. The first-order valence-electron chi connectivity index (χ1n) is 7.00. The lowest BCUT2D eigenvalue weighted by Gasteiger charge is -2.12. The molecule has 2 aromatic rings. The third-order valence-corrected chi connectivity index (χ3v) is 4.07. The number of nitro groups is 1. The van der Waals surface area contributed by atoms with Crippen molar-refractivity contribution in [2.75, 3.05) is 6.54 Å². The van der Waals surface area contributed by atoms with E-state index in [4.69, 9.17) is 23.2 Å². The number of halogens is 2. The predicted molar refractivity (Wildman–Crippen MR) is 91.2 cm³/mol. The average molecular weight is 369 g/mol. The fraction of sp³-hybridized carbons (Fsp3) is 0.188. The van der Waals surface area contributed by atoms with Crippen molar-refractivity contribution in [2.24, 2.45) is 0 Å². The normalized spacial score (nSPS) is 11.8. The molecule has 0 heterocycles. The van der Waals surface area contributed by atoms with Gasteiger partial charge in [0, 0.05) is 18.7 Å². The topological polar surface area (TPSA) is 92.5 Å². The number of rotatable bonds is 6. The molecule has 2 rings (SSSR count). The van der Waals surface area contributed by atoms with Gasteiger partial charge in [-0.2, -0.15) is 0 Å². The van der Waals surface area contributed by atoms with Crippen molar-refractivity contribution in [1.29, 1.82) is 0 Å². The van der Waals surface area contributed by atoms with Gasteiger partial charge in [-0.3, -0.25) is 14.9 Å². The van der Waals surface area contributed by atoms with Gasteiger partial charge in [-0.05, 0) is 35.4 Å². The second-order valence-electron chi connectivity index (χ2n) is 5.09. The summed E-state index contributed by atoms with van der Waals surface area (Å²) >= 11 is 11.7. The van der Waals surface area contributed by atoms with Gasteiger partial charge >= 0.3 is 0 Å². The van der Waals surface area contributed by atoms with Crippen molar-refractivity contribution in [1.82, 2.24) is 5.32 Å². The summed E-state index contributed by atoms with van der Waals surface area (Å²) in [5, 5.41) is 24.0. The summed E-state index contributed by atoms with van der Waals surface area (Å²) in [6.07, 6.45) is -0.854. The molecule has 0 bridgehead atoms. The number of benzene rings is 2. The van der Waals surface area contributed by atoms with E-state index in [-0.39, 0.29) is 24.6 Å². The molecule has 0 aliphatic carbocycles. The van der Waals surface area contributed by atoms with Crippen molar-refractivity contribution >= 4 is 34.8 Å². The van der Waals surface area contributed by atoms with Crippen molar-refractivity contribution in [2.45, 2.75) is 12.5 Å². The maximum Gasteiger partial charge on any atom is 0.269 e. The molecule has 126 valence electrons. The Bertz CT molecular complexity index is 750. The molecule has 0 radical (unpaired) electrons. The van der Waals surface area contributed by atoms with Gasteiger partial charge in [0.15, 0.2) is 0 Å². The van der Waals surface area contributed by atoms with Crippen LogP contribution in [0.3, 0.4) is 0 Å². The van der Waals surface area contributed by atoms with E-state index in [1.165, 1.54) is 24.3 Å². The lowest BCUT2D eigenvalue weighted by atomic mass is 10.1. The summed E-state index contributed by atoms with van der Waals surface area (Å²) in [6, 6.07) is 10.4. The highest BCUT2D eigenvalue weighted by atomic mass is 35.5. The van der Waals surface area contributed by atoms with Crippen molar-refractivity contribution in [3.63, 3.8) is 0 Å². The van der Waals surface area contributed by atoms with Gasteiger partial charge in [0.25, 0.3) is 5.69 Å². The van der Waals surface area contributed by atoms with Crippen LogP contribution in [0.4, 0.5) is 5.69 Å². The Morgan fingerprint density at radius 1 is 1.17 bits per heavy atom. The van der Waals surface area contributed by atoms with Crippen LogP contribution in [0.15, 0.2) is 42.5 Å². The first-order chi connectivity index (χ1) is 11.4. The molecule has 8 heteroatoms. The number of hydrogen-bond acceptors (Lipinski definition) is 4. The van der Waals surface area contributed by atoms with Crippen LogP contribution in [0, 0.1) is 10.1 Å². The lowest BCUT2D eigenvalue weighted by Crippen LogP contribution is -2.29. The molecule has 24 heavy (non-hydrogen) atoms. The molecular formula is C16H14Cl2N2O4. The minimum atomic E-state index is -0.955. The van der Waals surface area contributed by atoms with Gasteiger partial charge in [-0.1, -0.05) is 29.3 Å². The number of nitrogens with one attached hydrogen (secondary N) is 1. The highest BCUT2D eigenvalue weighted by molar-refractivity contribution is 6.42. The summed E-state index contributed by atoms with van der Waals surface area (Å²) < 4.78 is 0. The van der Waals surface area contributed by atoms with Crippen LogP contribution >= 0.6 is 23.2 Å². The molecule has 1 atom stereocenters. The van der Waals surface area contributed by atoms with Crippen LogP contribution in [-0.2, 0) is 11.2 Å². The number of aliphatic hydroxyl groups is 1. The molecule has 0 unspecified atom stereocenters. The van der Waals surface area contributed by atoms with E-state index in [1.807, 2.05) is 0 Å². The molecule has 0 fully saturated rings. The Balaban J connectivity index is 1.88. The Morgan fingerprint density at radius 2 is 1.83 bits per heavy atom. The first kappa shape index (κ1) is 18.2. The Hall–Kier alpha value is -2.15. The Kier molecular flexibility index (Phi) is 6.14. The zero-order valence-corrected chi connectivity index (χ0v) is 13.9. The summed E-state index contributed by atoms with van der Waals surface area (Å²) in [6.45, 7) is -0.00202. The fourth-order valence-electron chi connectivity index (χ4n) is 2.04. The number of amides is 1. The lowest BCUT2D eigenvalue weighted by molar-refractivity contribution is -0.384. The molecule has 0 aliphatic rings. The molecule has 6 nitrogen and oxygen atoms in total. The van der Waals surface area contributed by atoms with Gasteiger partial charge in [-0.25, -0.2) is 0 Å². The maximum absolute atomic E-state index is 11.9. The quantitative estimate of drug-likeness (QED) is 0.604. The SMILES string of the molecule is O=C(Cc1ccc(Cl)c(Cl)c1)NC[C@H](O)c1ccc([N+](=O)[O-])cc1. The van der Waals surface area contributed by atoms with E-state index < -0.39 is 11.0 Å².